The van der Waals surface area contributed by atoms with Crippen molar-refractivity contribution in [1.29, 1.82) is 0 Å². The number of hydrogen-bond acceptors (Lipinski definition) is 6. The molecule has 1 aliphatic carbocycles. The van der Waals surface area contributed by atoms with E-state index < -0.39 is 58.8 Å². The molecule has 0 saturated heterocycles. The molecule has 0 spiro atoms. The fourth-order valence-corrected chi connectivity index (χ4v) is 6.53. The minimum absolute atomic E-state index is 0.106. The summed E-state index contributed by atoms with van der Waals surface area (Å²) in [5.74, 6) is -3.63. The van der Waals surface area contributed by atoms with E-state index in [1.807, 2.05) is 12.1 Å². The van der Waals surface area contributed by atoms with Crippen LogP contribution in [0.5, 0.6) is 0 Å². The number of hydrogen-bond donors (Lipinski definition) is 0. The van der Waals surface area contributed by atoms with Gasteiger partial charge in [0.1, 0.15) is 12.2 Å². The first-order valence-electron chi connectivity index (χ1n) is 16.8. The zero-order chi connectivity index (χ0) is 37.1. The molecule has 0 aromatic heterocycles. The summed E-state index contributed by atoms with van der Waals surface area (Å²) in [7, 11) is 1.56. The first-order valence-corrected chi connectivity index (χ1v) is 16.8. The van der Waals surface area contributed by atoms with Crippen molar-refractivity contribution in [2.45, 2.75) is 87.1 Å². The number of halogens is 6. The highest BCUT2D eigenvalue weighted by Crippen LogP contribution is 2.45. The number of aryl methyl sites for hydroxylation is 1. The summed E-state index contributed by atoms with van der Waals surface area (Å²) in [5, 5.41) is 0. The zero-order valence-corrected chi connectivity index (χ0v) is 28.4. The molecule has 276 valence electrons. The third-order valence-electron chi connectivity index (χ3n) is 9.30. The van der Waals surface area contributed by atoms with Crippen LogP contribution in [0, 0.1) is 5.92 Å². The summed E-state index contributed by atoms with van der Waals surface area (Å²) in [5.41, 5.74) is -6.88. The monoisotopic (exact) mass is 720 g/mol. The first-order chi connectivity index (χ1) is 24.3. The SMILES string of the molecule is CO[C@@](C(=O)O[C@@H](C/C=C\[C@@H](OC(=O)[C@](OC)(c1ccccc1)C(F)(F)F)C1CCCCC1)CCc1ccccc1)(c1ccccc1)C(F)(F)F. The lowest BCUT2D eigenvalue weighted by molar-refractivity contribution is -0.279. The summed E-state index contributed by atoms with van der Waals surface area (Å²) in [4.78, 5) is 27.1. The predicted octanol–water partition coefficient (Wildman–Crippen LogP) is 9.18. The number of esters is 2. The molecule has 0 N–H and O–H groups in total. The molecule has 0 aliphatic heterocycles. The molecule has 0 unspecified atom stereocenters. The van der Waals surface area contributed by atoms with E-state index in [0.717, 1.165) is 63.3 Å². The minimum atomic E-state index is -5.19. The topological polar surface area (TPSA) is 71.1 Å². The Morgan fingerprint density at radius 1 is 0.686 bits per heavy atom. The van der Waals surface area contributed by atoms with Gasteiger partial charge in [0.15, 0.2) is 0 Å². The third-order valence-corrected chi connectivity index (χ3v) is 9.30. The number of carbonyl (C=O) groups is 2. The van der Waals surface area contributed by atoms with Gasteiger partial charge in [0.05, 0.1) is 0 Å². The molecule has 0 radical (unpaired) electrons. The van der Waals surface area contributed by atoms with E-state index in [0.29, 0.717) is 19.3 Å². The molecule has 4 rings (SSSR count). The van der Waals surface area contributed by atoms with Gasteiger partial charge in [0.2, 0.25) is 0 Å². The molecule has 3 aromatic rings. The molecular formula is C39H42F6O6. The van der Waals surface area contributed by atoms with Gasteiger partial charge in [-0.25, -0.2) is 9.59 Å². The molecule has 51 heavy (non-hydrogen) atoms. The number of rotatable bonds is 15. The van der Waals surface area contributed by atoms with Crippen LogP contribution in [0.15, 0.2) is 103 Å². The summed E-state index contributed by atoms with van der Waals surface area (Å²) in [6.45, 7) is 0. The maximum absolute atomic E-state index is 14.7. The van der Waals surface area contributed by atoms with Crippen LogP contribution in [-0.4, -0.2) is 50.7 Å². The number of methoxy groups -OCH3 is 2. The summed E-state index contributed by atoms with van der Waals surface area (Å²) < 4.78 is 109. The van der Waals surface area contributed by atoms with E-state index in [-0.39, 0.29) is 18.8 Å². The van der Waals surface area contributed by atoms with E-state index in [9.17, 15) is 35.9 Å². The van der Waals surface area contributed by atoms with Crippen molar-refractivity contribution in [2.75, 3.05) is 14.2 Å². The van der Waals surface area contributed by atoms with Crippen LogP contribution in [-0.2, 0) is 46.2 Å². The van der Waals surface area contributed by atoms with Gasteiger partial charge in [0.25, 0.3) is 11.2 Å². The molecule has 1 aliphatic rings. The number of benzene rings is 3. The maximum atomic E-state index is 14.7. The molecule has 12 heteroatoms. The van der Waals surface area contributed by atoms with Crippen molar-refractivity contribution in [1.82, 2.24) is 0 Å². The Kier molecular flexibility index (Phi) is 13.5. The van der Waals surface area contributed by atoms with Gasteiger partial charge in [-0.2, -0.15) is 26.3 Å². The molecular weight excluding hydrogens is 678 g/mol. The highest BCUT2D eigenvalue weighted by atomic mass is 19.4. The van der Waals surface area contributed by atoms with Crippen LogP contribution in [0.2, 0.25) is 0 Å². The van der Waals surface area contributed by atoms with Crippen LogP contribution in [0.1, 0.15) is 61.6 Å². The molecule has 0 heterocycles. The van der Waals surface area contributed by atoms with Gasteiger partial charge >= 0.3 is 24.3 Å². The Hall–Kier alpha value is -4.16. The second kappa shape index (κ2) is 17.4. The average molecular weight is 721 g/mol. The predicted molar refractivity (Wildman–Crippen MR) is 177 cm³/mol. The fourth-order valence-electron chi connectivity index (χ4n) is 6.53. The summed E-state index contributed by atoms with van der Waals surface area (Å²) in [6, 6.07) is 22.0. The number of carbonyl (C=O) groups excluding carboxylic acids is 2. The second-order valence-corrected chi connectivity index (χ2v) is 12.5. The van der Waals surface area contributed by atoms with Crippen LogP contribution < -0.4 is 0 Å². The van der Waals surface area contributed by atoms with Gasteiger partial charge in [-0.05, 0) is 43.2 Å². The van der Waals surface area contributed by atoms with E-state index >= 15 is 0 Å². The zero-order valence-electron chi connectivity index (χ0n) is 28.4. The van der Waals surface area contributed by atoms with Gasteiger partial charge in [-0.1, -0.05) is 116 Å². The van der Waals surface area contributed by atoms with Crippen molar-refractivity contribution >= 4 is 11.9 Å². The van der Waals surface area contributed by atoms with Crippen LogP contribution in [0.4, 0.5) is 26.3 Å². The number of ether oxygens (including phenoxy) is 4. The number of alkyl halides is 6. The molecule has 4 atom stereocenters. The van der Waals surface area contributed by atoms with Crippen molar-refractivity contribution in [2.24, 2.45) is 5.92 Å². The first kappa shape index (κ1) is 39.6. The van der Waals surface area contributed by atoms with Crippen LogP contribution in [0.3, 0.4) is 0 Å². The Morgan fingerprint density at radius 3 is 1.59 bits per heavy atom. The van der Waals surface area contributed by atoms with E-state index in [4.69, 9.17) is 18.9 Å². The van der Waals surface area contributed by atoms with E-state index in [1.165, 1.54) is 48.6 Å². The van der Waals surface area contributed by atoms with E-state index in [1.54, 1.807) is 18.2 Å². The lowest BCUT2D eigenvalue weighted by Gasteiger charge is -2.35. The highest BCUT2D eigenvalue weighted by Gasteiger charge is 2.65. The molecule has 0 amide bonds. The van der Waals surface area contributed by atoms with Crippen molar-refractivity contribution in [3.8, 4) is 0 Å². The third kappa shape index (κ3) is 9.02. The van der Waals surface area contributed by atoms with Crippen LogP contribution >= 0.6 is 0 Å². The Bertz CT molecular complexity index is 1560. The van der Waals surface area contributed by atoms with Gasteiger partial charge in [-0.3, -0.25) is 0 Å². The van der Waals surface area contributed by atoms with Gasteiger partial charge in [0, 0.05) is 31.8 Å². The Morgan fingerprint density at radius 2 is 1.14 bits per heavy atom. The molecule has 1 fully saturated rings. The Labute approximate surface area is 293 Å². The van der Waals surface area contributed by atoms with Crippen molar-refractivity contribution in [3.05, 3.63) is 120 Å². The highest BCUT2D eigenvalue weighted by molar-refractivity contribution is 5.83. The maximum Gasteiger partial charge on any atom is 0.432 e. The van der Waals surface area contributed by atoms with E-state index in [2.05, 4.69) is 0 Å². The summed E-state index contributed by atoms with van der Waals surface area (Å²) >= 11 is 0. The quantitative estimate of drug-likeness (QED) is 0.0887. The smallest absolute Gasteiger partial charge is 0.432 e. The van der Waals surface area contributed by atoms with Crippen molar-refractivity contribution in [3.63, 3.8) is 0 Å². The van der Waals surface area contributed by atoms with Gasteiger partial charge in [-0.15, -0.1) is 0 Å². The Balaban J connectivity index is 1.64. The standard InChI is InChI=1S/C39H42F6O6/c1-48-36(38(40,41)42,30-20-11-5-12-21-30)34(46)50-32(27-26-28-16-7-3-8-17-28)24-15-25-33(29-18-9-4-10-19-29)51-35(47)37(49-2,39(43,44)45)31-22-13-6-14-23-31/h3,5-8,11-17,20-23,25,29,32-33H,4,9-10,18-19,24,26-27H2,1-2H3/b25-15-/t32-,33+,36+,37+/m0/s1. The molecule has 1 saturated carbocycles. The average Bonchev–Trinajstić information content (AvgIpc) is 3.11. The van der Waals surface area contributed by atoms with Crippen LogP contribution in [0.25, 0.3) is 0 Å². The minimum Gasteiger partial charge on any atom is -0.459 e. The molecule has 0 bridgehead atoms. The molecule has 6 nitrogen and oxygen atoms in total. The fraction of sp³-hybridized carbons (Fsp3) is 0.436. The lowest BCUT2D eigenvalue weighted by Crippen LogP contribution is -2.53. The summed E-state index contributed by atoms with van der Waals surface area (Å²) in [6.07, 6.45) is -5.77. The lowest BCUT2D eigenvalue weighted by atomic mass is 9.84. The van der Waals surface area contributed by atoms with Gasteiger partial charge < -0.3 is 18.9 Å². The van der Waals surface area contributed by atoms with Crippen molar-refractivity contribution < 1.29 is 54.9 Å². The normalized spacial score (nSPS) is 18.0. The second-order valence-electron chi connectivity index (χ2n) is 12.5. The molecule has 3 aromatic carbocycles. The largest absolute Gasteiger partial charge is 0.459 e.